The first-order chi connectivity index (χ1) is 7.99. The van der Waals surface area contributed by atoms with Crippen LogP contribution in [0.2, 0.25) is 5.15 Å². The number of aryl methyl sites for hydroxylation is 3. The molecule has 0 atom stereocenters. The lowest BCUT2D eigenvalue weighted by Gasteiger charge is -2.11. The van der Waals surface area contributed by atoms with Gasteiger partial charge in [0.1, 0.15) is 11.0 Å². The lowest BCUT2D eigenvalue weighted by molar-refractivity contribution is 1.04. The van der Waals surface area contributed by atoms with Gasteiger partial charge in [0.05, 0.1) is 5.69 Å². The molecule has 2 nitrogen and oxygen atoms in total. The van der Waals surface area contributed by atoms with Crippen LogP contribution >= 0.6 is 11.6 Å². The molecule has 0 fully saturated rings. The van der Waals surface area contributed by atoms with E-state index in [1.807, 2.05) is 13.8 Å². The molecule has 1 heterocycles. The number of aromatic nitrogens is 2. The number of rotatable bonds is 1. The quantitative estimate of drug-likeness (QED) is 0.710. The van der Waals surface area contributed by atoms with E-state index < -0.39 is 0 Å². The van der Waals surface area contributed by atoms with Gasteiger partial charge in [-0.05, 0) is 39.3 Å². The highest BCUT2D eigenvalue weighted by atomic mass is 35.5. The van der Waals surface area contributed by atoms with Gasteiger partial charge in [0.2, 0.25) is 0 Å². The summed E-state index contributed by atoms with van der Waals surface area (Å²) in [5.74, 6) is 0.705. The van der Waals surface area contributed by atoms with Crippen LogP contribution in [-0.4, -0.2) is 9.97 Å². The van der Waals surface area contributed by atoms with E-state index in [9.17, 15) is 0 Å². The van der Waals surface area contributed by atoms with Gasteiger partial charge >= 0.3 is 0 Å². The largest absolute Gasteiger partial charge is 0.233 e. The minimum atomic E-state index is 0.536. The predicted octanol–water partition coefficient (Wildman–Crippen LogP) is 4.03. The van der Waals surface area contributed by atoms with Crippen LogP contribution < -0.4 is 0 Å². The fourth-order valence-corrected chi connectivity index (χ4v) is 2.06. The molecule has 2 rings (SSSR count). The van der Waals surface area contributed by atoms with E-state index in [1.165, 1.54) is 11.1 Å². The zero-order valence-corrected chi connectivity index (χ0v) is 11.3. The maximum Gasteiger partial charge on any atom is 0.136 e. The summed E-state index contributed by atoms with van der Waals surface area (Å²) >= 11 is 6.11. The summed E-state index contributed by atoms with van der Waals surface area (Å²) in [5.41, 5.74) is 5.43. The summed E-state index contributed by atoms with van der Waals surface area (Å²) in [7, 11) is 0. The summed E-state index contributed by atoms with van der Waals surface area (Å²) in [6.07, 6.45) is 0. The molecule has 1 aromatic heterocycles. The second-order valence-electron chi connectivity index (χ2n) is 4.35. The molecular weight excluding hydrogens is 232 g/mol. The Balaban J connectivity index is 2.72. The van der Waals surface area contributed by atoms with Crippen LogP contribution in [-0.2, 0) is 0 Å². The summed E-state index contributed by atoms with van der Waals surface area (Å²) in [4.78, 5) is 8.68. The minimum Gasteiger partial charge on any atom is -0.233 e. The molecule has 0 amide bonds. The molecule has 0 aliphatic heterocycles. The topological polar surface area (TPSA) is 25.8 Å². The van der Waals surface area contributed by atoms with Crippen molar-refractivity contribution in [3.05, 3.63) is 45.9 Å². The number of hydrogen-bond donors (Lipinski definition) is 0. The molecule has 0 spiro atoms. The standard InChI is InChI=1S/C14H15ClN2/c1-8-5-6-9(2)12(7-8)13-10(3)14(15)17-11(4)16-13/h5-7H,1-4H3. The molecule has 0 saturated carbocycles. The Bertz CT molecular complexity index is 577. The second-order valence-corrected chi connectivity index (χ2v) is 4.71. The molecule has 0 radical (unpaired) electrons. The van der Waals surface area contributed by atoms with Crippen molar-refractivity contribution >= 4 is 11.6 Å². The third-order valence-electron chi connectivity index (χ3n) is 2.85. The third kappa shape index (κ3) is 2.32. The number of nitrogens with zero attached hydrogens (tertiary/aromatic N) is 2. The van der Waals surface area contributed by atoms with Gasteiger partial charge < -0.3 is 0 Å². The van der Waals surface area contributed by atoms with Crippen LogP contribution in [0, 0.1) is 27.7 Å². The molecule has 0 aliphatic rings. The first-order valence-corrected chi connectivity index (χ1v) is 5.95. The molecule has 0 unspecified atom stereocenters. The van der Waals surface area contributed by atoms with E-state index in [2.05, 4.69) is 42.0 Å². The Morgan fingerprint density at radius 1 is 1.00 bits per heavy atom. The van der Waals surface area contributed by atoms with Gasteiger partial charge in [0, 0.05) is 11.1 Å². The SMILES string of the molecule is Cc1ccc(C)c(-c2nc(C)nc(Cl)c2C)c1. The van der Waals surface area contributed by atoms with Crippen molar-refractivity contribution in [3.8, 4) is 11.3 Å². The van der Waals surface area contributed by atoms with Gasteiger partial charge in [0.15, 0.2) is 0 Å². The Morgan fingerprint density at radius 3 is 2.41 bits per heavy atom. The maximum absolute atomic E-state index is 6.11. The van der Waals surface area contributed by atoms with E-state index in [1.54, 1.807) is 0 Å². The Kier molecular flexibility index (Phi) is 3.16. The molecule has 1 aromatic carbocycles. The summed E-state index contributed by atoms with van der Waals surface area (Å²) in [5, 5.41) is 0.536. The molecule has 0 saturated heterocycles. The van der Waals surface area contributed by atoms with Gasteiger partial charge in [-0.25, -0.2) is 9.97 Å². The lowest BCUT2D eigenvalue weighted by atomic mass is 10.0. The van der Waals surface area contributed by atoms with E-state index in [0.29, 0.717) is 11.0 Å². The van der Waals surface area contributed by atoms with Crippen molar-refractivity contribution in [2.45, 2.75) is 27.7 Å². The summed E-state index contributed by atoms with van der Waals surface area (Å²) < 4.78 is 0. The zero-order chi connectivity index (χ0) is 12.6. The van der Waals surface area contributed by atoms with Crippen molar-refractivity contribution < 1.29 is 0 Å². The lowest BCUT2D eigenvalue weighted by Crippen LogP contribution is -1.98. The molecule has 88 valence electrons. The Labute approximate surface area is 107 Å². The van der Waals surface area contributed by atoms with Crippen LogP contribution in [0.25, 0.3) is 11.3 Å². The molecule has 3 heteroatoms. The highest BCUT2D eigenvalue weighted by Gasteiger charge is 2.11. The zero-order valence-electron chi connectivity index (χ0n) is 10.5. The second kappa shape index (κ2) is 4.46. The van der Waals surface area contributed by atoms with Gasteiger partial charge in [-0.1, -0.05) is 29.3 Å². The minimum absolute atomic E-state index is 0.536. The van der Waals surface area contributed by atoms with E-state index in [4.69, 9.17) is 11.6 Å². The predicted molar refractivity (Wildman–Crippen MR) is 71.4 cm³/mol. The van der Waals surface area contributed by atoms with E-state index >= 15 is 0 Å². The molecule has 0 aliphatic carbocycles. The molecule has 0 bridgehead atoms. The van der Waals surface area contributed by atoms with Crippen LogP contribution in [0.15, 0.2) is 18.2 Å². The number of halogens is 1. The van der Waals surface area contributed by atoms with Gasteiger partial charge in [-0.2, -0.15) is 0 Å². The highest BCUT2D eigenvalue weighted by Crippen LogP contribution is 2.28. The van der Waals surface area contributed by atoms with E-state index in [-0.39, 0.29) is 0 Å². The highest BCUT2D eigenvalue weighted by molar-refractivity contribution is 6.30. The first kappa shape index (κ1) is 12.1. The van der Waals surface area contributed by atoms with Crippen molar-refractivity contribution in [3.63, 3.8) is 0 Å². The van der Waals surface area contributed by atoms with Gasteiger partial charge in [-0.3, -0.25) is 0 Å². The van der Waals surface area contributed by atoms with Crippen LogP contribution in [0.3, 0.4) is 0 Å². The fraction of sp³-hybridized carbons (Fsp3) is 0.286. The summed E-state index contributed by atoms with van der Waals surface area (Å²) in [6, 6.07) is 6.35. The Hall–Kier alpha value is -1.41. The van der Waals surface area contributed by atoms with Crippen molar-refractivity contribution in [1.82, 2.24) is 9.97 Å². The summed E-state index contributed by atoms with van der Waals surface area (Å²) in [6.45, 7) is 7.98. The maximum atomic E-state index is 6.11. The Morgan fingerprint density at radius 2 is 1.71 bits per heavy atom. The average Bonchev–Trinajstić information content (AvgIpc) is 2.27. The number of benzene rings is 1. The monoisotopic (exact) mass is 246 g/mol. The van der Waals surface area contributed by atoms with Crippen molar-refractivity contribution in [2.75, 3.05) is 0 Å². The molecule has 0 N–H and O–H groups in total. The molecule has 17 heavy (non-hydrogen) atoms. The van der Waals surface area contributed by atoms with Crippen LogP contribution in [0.1, 0.15) is 22.5 Å². The normalized spacial score (nSPS) is 10.6. The number of hydrogen-bond acceptors (Lipinski definition) is 2. The first-order valence-electron chi connectivity index (χ1n) is 5.57. The average molecular weight is 247 g/mol. The van der Waals surface area contributed by atoms with Gasteiger partial charge in [0.25, 0.3) is 0 Å². The van der Waals surface area contributed by atoms with Gasteiger partial charge in [-0.15, -0.1) is 0 Å². The smallest absolute Gasteiger partial charge is 0.136 e. The van der Waals surface area contributed by atoms with E-state index in [0.717, 1.165) is 16.8 Å². The van der Waals surface area contributed by atoms with Crippen LogP contribution in [0.5, 0.6) is 0 Å². The molecule has 2 aromatic rings. The fourth-order valence-electron chi connectivity index (χ4n) is 1.85. The van der Waals surface area contributed by atoms with Crippen molar-refractivity contribution in [1.29, 1.82) is 0 Å². The molecular formula is C14H15ClN2. The van der Waals surface area contributed by atoms with Crippen LogP contribution in [0.4, 0.5) is 0 Å². The third-order valence-corrected chi connectivity index (χ3v) is 3.21. The van der Waals surface area contributed by atoms with Crippen molar-refractivity contribution in [2.24, 2.45) is 0 Å².